The van der Waals surface area contributed by atoms with E-state index in [1.807, 2.05) is 0 Å². The number of carbonyl (C=O) groups is 2. The van der Waals surface area contributed by atoms with E-state index in [0.717, 1.165) is 7.11 Å². The zero-order chi connectivity index (χ0) is 12.6. The number of hydrogen-bond acceptors (Lipinski definition) is 6. The van der Waals surface area contributed by atoms with Crippen molar-refractivity contribution < 1.29 is 22.7 Å². The summed E-state index contributed by atoms with van der Waals surface area (Å²) in [6, 6.07) is 0. The summed E-state index contributed by atoms with van der Waals surface area (Å²) in [5.41, 5.74) is 5.15. The second-order valence-electron chi connectivity index (χ2n) is 3.06. The summed E-state index contributed by atoms with van der Waals surface area (Å²) in [5.74, 6) is -2.31. The minimum Gasteiger partial charge on any atom is -0.468 e. The third-order valence-electron chi connectivity index (χ3n) is 1.67. The predicted octanol–water partition coefficient (Wildman–Crippen LogP) is -1.96. The Morgan fingerprint density at radius 1 is 1.38 bits per heavy atom. The van der Waals surface area contributed by atoms with Gasteiger partial charge in [-0.1, -0.05) is 0 Å². The Hall–Kier alpha value is -1.15. The minimum atomic E-state index is -3.58. The zero-order valence-electron chi connectivity index (χ0n) is 9.06. The lowest BCUT2D eigenvalue weighted by Crippen LogP contribution is -2.31. The van der Waals surface area contributed by atoms with Gasteiger partial charge in [-0.15, -0.1) is 0 Å². The fourth-order valence-electron chi connectivity index (χ4n) is 0.859. The van der Waals surface area contributed by atoms with Crippen molar-refractivity contribution in [3.8, 4) is 0 Å². The Morgan fingerprint density at radius 3 is 2.50 bits per heavy atom. The third-order valence-corrected chi connectivity index (χ3v) is 3.17. The molecule has 0 aromatic rings. The van der Waals surface area contributed by atoms with Crippen LogP contribution in [0.4, 0.5) is 0 Å². The molecule has 0 atom stereocenters. The highest BCUT2D eigenvalue weighted by atomic mass is 32.2. The van der Waals surface area contributed by atoms with Crippen LogP contribution in [0.1, 0.15) is 6.42 Å². The Bertz CT molecular complexity index is 338. The van der Waals surface area contributed by atoms with Gasteiger partial charge in [0.2, 0.25) is 5.91 Å². The molecule has 0 aliphatic heterocycles. The maximum Gasteiger partial charge on any atom is 0.320 e. The number of ether oxygens (including phenoxy) is 1. The van der Waals surface area contributed by atoms with E-state index in [0.29, 0.717) is 13.1 Å². The normalized spacial score (nSPS) is 10.9. The molecule has 0 saturated heterocycles. The molecule has 0 fully saturated rings. The highest BCUT2D eigenvalue weighted by molar-refractivity contribution is 7.92. The Labute approximate surface area is 94.2 Å². The fourth-order valence-corrected chi connectivity index (χ4v) is 1.98. The van der Waals surface area contributed by atoms with Crippen LogP contribution < -0.4 is 11.1 Å². The summed E-state index contributed by atoms with van der Waals surface area (Å²) in [6.45, 7) is 0.594. The lowest BCUT2D eigenvalue weighted by atomic mass is 10.4. The second-order valence-corrected chi connectivity index (χ2v) is 5.24. The summed E-state index contributed by atoms with van der Waals surface area (Å²) in [5, 5.41) is 2.43. The van der Waals surface area contributed by atoms with Crippen LogP contribution >= 0.6 is 0 Å². The highest BCUT2D eigenvalue weighted by Gasteiger charge is 2.18. The molecule has 0 spiro atoms. The van der Waals surface area contributed by atoms with Gasteiger partial charge in [-0.2, -0.15) is 0 Å². The monoisotopic (exact) mass is 252 g/mol. The van der Waals surface area contributed by atoms with Crippen LogP contribution in [0.3, 0.4) is 0 Å². The molecule has 0 aromatic heterocycles. The number of sulfone groups is 1. The van der Waals surface area contributed by atoms with Crippen molar-refractivity contribution in [1.82, 2.24) is 5.32 Å². The lowest BCUT2D eigenvalue weighted by Gasteiger charge is -2.04. The van der Waals surface area contributed by atoms with Gasteiger partial charge in [0.05, 0.1) is 12.9 Å². The molecule has 1 amide bonds. The second kappa shape index (κ2) is 7.18. The van der Waals surface area contributed by atoms with Crippen LogP contribution in [0.2, 0.25) is 0 Å². The van der Waals surface area contributed by atoms with Gasteiger partial charge in [-0.25, -0.2) is 8.42 Å². The molecule has 16 heavy (non-hydrogen) atoms. The van der Waals surface area contributed by atoms with Gasteiger partial charge >= 0.3 is 5.97 Å². The van der Waals surface area contributed by atoms with Crippen LogP contribution in [0.5, 0.6) is 0 Å². The van der Waals surface area contributed by atoms with Gasteiger partial charge in [0, 0.05) is 19.5 Å². The molecule has 7 nitrogen and oxygen atoms in total. The van der Waals surface area contributed by atoms with Gasteiger partial charge in [-0.3, -0.25) is 9.59 Å². The Balaban J connectivity index is 3.99. The average Bonchev–Trinajstić information content (AvgIpc) is 2.23. The van der Waals surface area contributed by atoms with E-state index < -0.39 is 27.5 Å². The molecule has 0 aromatic carbocycles. The van der Waals surface area contributed by atoms with Crippen LogP contribution in [-0.2, 0) is 24.2 Å². The third kappa shape index (κ3) is 7.18. The molecule has 3 N–H and O–H groups in total. The molecule has 0 bridgehead atoms. The number of esters is 1. The largest absolute Gasteiger partial charge is 0.468 e. The molecule has 0 radical (unpaired) electrons. The standard InChI is InChI=1S/C8H16N2O5S/c1-15-8(12)6-16(13,14)5-2-7(11)10-4-3-9/h2-6,9H2,1H3,(H,10,11). The number of nitrogens with one attached hydrogen (secondary N) is 1. The maximum atomic E-state index is 11.3. The Kier molecular flexibility index (Phi) is 6.66. The van der Waals surface area contributed by atoms with Crippen molar-refractivity contribution in [2.75, 3.05) is 31.7 Å². The van der Waals surface area contributed by atoms with Gasteiger partial charge < -0.3 is 15.8 Å². The number of nitrogens with two attached hydrogens (primary N) is 1. The van der Waals surface area contributed by atoms with E-state index in [1.165, 1.54) is 0 Å². The molecule has 0 unspecified atom stereocenters. The summed E-state index contributed by atoms with van der Waals surface area (Å²) in [4.78, 5) is 21.8. The topological polar surface area (TPSA) is 116 Å². The number of hydrogen-bond donors (Lipinski definition) is 2. The van der Waals surface area contributed by atoms with Gasteiger partial charge in [-0.05, 0) is 0 Å². The molecular weight excluding hydrogens is 236 g/mol. The average molecular weight is 252 g/mol. The van der Waals surface area contributed by atoms with Crippen molar-refractivity contribution in [3.05, 3.63) is 0 Å². The van der Waals surface area contributed by atoms with E-state index in [1.54, 1.807) is 0 Å². The maximum absolute atomic E-state index is 11.3. The SMILES string of the molecule is COC(=O)CS(=O)(=O)CCC(=O)NCCN. The molecule has 94 valence electrons. The van der Waals surface area contributed by atoms with E-state index in [4.69, 9.17) is 5.73 Å². The summed E-state index contributed by atoms with van der Waals surface area (Å²) >= 11 is 0. The van der Waals surface area contributed by atoms with E-state index in [-0.39, 0.29) is 12.2 Å². The number of carbonyl (C=O) groups excluding carboxylic acids is 2. The Morgan fingerprint density at radius 2 is 2.00 bits per heavy atom. The van der Waals surface area contributed by atoms with Crippen molar-refractivity contribution >= 4 is 21.7 Å². The van der Waals surface area contributed by atoms with Crippen LogP contribution in [-0.4, -0.2) is 52.0 Å². The van der Waals surface area contributed by atoms with Crippen molar-refractivity contribution in [3.63, 3.8) is 0 Å². The lowest BCUT2D eigenvalue weighted by molar-refractivity contribution is -0.137. The first kappa shape index (κ1) is 14.8. The van der Waals surface area contributed by atoms with Crippen molar-refractivity contribution in [2.45, 2.75) is 6.42 Å². The van der Waals surface area contributed by atoms with Crippen LogP contribution in [0.25, 0.3) is 0 Å². The van der Waals surface area contributed by atoms with Gasteiger partial charge in [0.25, 0.3) is 0 Å². The molecule has 0 saturated carbocycles. The van der Waals surface area contributed by atoms with Gasteiger partial charge in [0.1, 0.15) is 5.75 Å². The minimum absolute atomic E-state index is 0.181. The molecule has 8 heteroatoms. The first-order chi connectivity index (χ1) is 7.41. The molecule has 0 heterocycles. The fraction of sp³-hybridized carbons (Fsp3) is 0.750. The van der Waals surface area contributed by atoms with E-state index in [9.17, 15) is 18.0 Å². The highest BCUT2D eigenvalue weighted by Crippen LogP contribution is 1.95. The van der Waals surface area contributed by atoms with E-state index >= 15 is 0 Å². The zero-order valence-corrected chi connectivity index (χ0v) is 9.88. The molecule has 0 aliphatic carbocycles. The van der Waals surface area contributed by atoms with Crippen LogP contribution in [0.15, 0.2) is 0 Å². The molecule has 0 aliphatic rings. The number of rotatable bonds is 7. The first-order valence-corrected chi connectivity index (χ1v) is 6.47. The smallest absolute Gasteiger partial charge is 0.320 e. The van der Waals surface area contributed by atoms with E-state index in [2.05, 4.69) is 10.1 Å². The molecular formula is C8H16N2O5S. The van der Waals surface area contributed by atoms with Crippen molar-refractivity contribution in [2.24, 2.45) is 5.73 Å². The first-order valence-electron chi connectivity index (χ1n) is 4.65. The summed E-state index contributed by atoms with van der Waals surface area (Å²) in [7, 11) is -2.48. The van der Waals surface area contributed by atoms with Crippen molar-refractivity contribution in [1.29, 1.82) is 0 Å². The summed E-state index contributed by atoms with van der Waals surface area (Å²) < 4.78 is 26.8. The van der Waals surface area contributed by atoms with Gasteiger partial charge in [0.15, 0.2) is 9.84 Å². The van der Waals surface area contributed by atoms with Crippen LogP contribution in [0, 0.1) is 0 Å². The molecule has 0 rings (SSSR count). The summed E-state index contributed by atoms with van der Waals surface area (Å²) in [6.07, 6.45) is -0.181. The quantitative estimate of drug-likeness (QED) is 0.508. The predicted molar refractivity (Wildman–Crippen MR) is 57.4 cm³/mol. The number of amides is 1. The number of methoxy groups -OCH3 is 1.